The van der Waals surface area contributed by atoms with Crippen LogP contribution in [0, 0.1) is 0 Å². The molecule has 88 valence electrons. The summed E-state index contributed by atoms with van der Waals surface area (Å²) >= 11 is 18.2. The van der Waals surface area contributed by atoms with Crippen LogP contribution in [0.5, 0.6) is 0 Å². The van der Waals surface area contributed by atoms with Crippen molar-refractivity contribution < 1.29 is 4.79 Å². The van der Waals surface area contributed by atoms with E-state index in [0.29, 0.717) is 10.7 Å². The summed E-state index contributed by atoms with van der Waals surface area (Å²) in [6.45, 7) is 0. The van der Waals surface area contributed by atoms with Crippen molar-refractivity contribution in [1.82, 2.24) is 4.37 Å². The summed E-state index contributed by atoms with van der Waals surface area (Å²) in [5.41, 5.74) is 0.625. The van der Waals surface area contributed by atoms with E-state index in [0.717, 1.165) is 11.5 Å². The highest BCUT2D eigenvalue weighted by atomic mass is 35.5. The van der Waals surface area contributed by atoms with Crippen LogP contribution in [0.15, 0.2) is 24.3 Å². The van der Waals surface area contributed by atoms with E-state index < -0.39 is 0 Å². The molecule has 1 heterocycles. The first kappa shape index (κ1) is 12.6. The Hall–Kier alpha value is -0.810. The highest BCUT2D eigenvalue weighted by Crippen LogP contribution is 2.29. The number of benzene rings is 1. The molecule has 0 unspecified atom stereocenters. The Morgan fingerprint density at radius 3 is 2.35 bits per heavy atom. The highest BCUT2D eigenvalue weighted by molar-refractivity contribution is 7.09. The van der Waals surface area contributed by atoms with E-state index in [9.17, 15) is 4.79 Å². The minimum absolute atomic E-state index is 0.137. The predicted octanol–water partition coefficient (Wildman–Crippen LogP) is 4.36. The van der Waals surface area contributed by atoms with Crippen LogP contribution in [-0.4, -0.2) is 10.3 Å². The minimum atomic E-state index is -0.346. The normalized spacial score (nSPS) is 10.3. The first-order chi connectivity index (χ1) is 8.08. The van der Waals surface area contributed by atoms with Gasteiger partial charge in [0.05, 0.1) is 0 Å². The van der Waals surface area contributed by atoms with Crippen molar-refractivity contribution in [2.75, 3.05) is 5.32 Å². The van der Waals surface area contributed by atoms with Gasteiger partial charge in [0.25, 0.3) is 5.91 Å². The summed E-state index contributed by atoms with van der Waals surface area (Å²) in [6, 6.07) is 6.74. The highest BCUT2D eigenvalue weighted by Gasteiger charge is 2.17. The fraction of sp³-hybridized carbons (Fsp3) is 0. The van der Waals surface area contributed by atoms with Crippen molar-refractivity contribution in [3.8, 4) is 0 Å². The molecule has 0 spiro atoms. The molecule has 0 saturated carbocycles. The van der Waals surface area contributed by atoms with Gasteiger partial charge < -0.3 is 5.32 Å². The first-order valence-electron chi connectivity index (χ1n) is 4.45. The lowest BCUT2D eigenvalue weighted by Gasteiger charge is -2.03. The van der Waals surface area contributed by atoms with E-state index in [-0.39, 0.29) is 21.0 Å². The van der Waals surface area contributed by atoms with Crippen LogP contribution >= 0.6 is 46.3 Å². The first-order valence-corrected chi connectivity index (χ1v) is 6.36. The van der Waals surface area contributed by atoms with Gasteiger partial charge in [-0.25, -0.2) is 0 Å². The van der Waals surface area contributed by atoms with Crippen LogP contribution in [0.3, 0.4) is 0 Å². The molecule has 0 atom stereocenters. The Morgan fingerprint density at radius 1 is 1.18 bits per heavy atom. The molecule has 0 aliphatic carbocycles. The van der Waals surface area contributed by atoms with Gasteiger partial charge in [0.1, 0.15) is 9.90 Å². The van der Waals surface area contributed by atoms with Gasteiger partial charge >= 0.3 is 0 Å². The Kier molecular flexibility index (Phi) is 3.89. The van der Waals surface area contributed by atoms with E-state index in [4.69, 9.17) is 34.8 Å². The van der Waals surface area contributed by atoms with Crippen LogP contribution in [-0.2, 0) is 0 Å². The topological polar surface area (TPSA) is 42.0 Å². The second-order valence-corrected chi connectivity index (χ2v) is 5.02. The quantitative estimate of drug-likeness (QED) is 0.896. The Bertz CT molecular complexity index is 553. The second-order valence-electron chi connectivity index (χ2n) is 3.08. The number of hydrogen-bond donors (Lipinski definition) is 1. The van der Waals surface area contributed by atoms with Gasteiger partial charge in [0.15, 0.2) is 5.15 Å². The molecule has 0 aliphatic rings. The van der Waals surface area contributed by atoms with Gasteiger partial charge in [-0.05, 0) is 35.8 Å². The van der Waals surface area contributed by atoms with Crippen molar-refractivity contribution in [2.45, 2.75) is 0 Å². The molecule has 0 bridgehead atoms. The fourth-order valence-corrected chi connectivity index (χ4v) is 2.36. The van der Waals surface area contributed by atoms with Crippen molar-refractivity contribution in [1.29, 1.82) is 0 Å². The number of nitrogens with one attached hydrogen (secondary N) is 1. The molecule has 3 nitrogen and oxygen atoms in total. The summed E-state index contributed by atoms with van der Waals surface area (Å²) in [5.74, 6) is -0.346. The molecule has 1 amide bonds. The SMILES string of the molecule is O=C(Nc1ccc(Cl)cc1)c1snc(Cl)c1Cl. The molecule has 0 saturated heterocycles. The third kappa shape index (κ3) is 2.90. The molecule has 0 fully saturated rings. The molecular formula is C10H5Cl3N2OS. The van der Waals surface area contributed by atoms with Crippen molar-refractivity contribution in [3.05, 3.63) is 44.3 Å². The Morgan fingerprint density at radius 2 is 1.82 bits per heavy atom. The monoisotopic (exact) mass is 306 g/mol. The summed E-state index contributed by atoms with van der Waals surface area (Å²) < 4.78 is 3.79. The lowest BCUT2D eigenvalue weighted by molar-refractivity contribution is 0.103. The summed E-state index contributed by atoms with van der Waals surface area (Å²) in [7, 11) is 0. The summed E-state index contributed by atoms with van der Waals surface area (Å²) in [4.78, 5) is 12.1. The van der Waals surface area contributed by atoms with E-state index in [2.05, 4.69) is 9.69 Å². The van der Waals surface area contributed by atoms with Crippen LogP contribution in [0.1, 0.15) is 9.67 Å². The molecule has 1 aromatic carbocycles. The van der Waals surface area contributed by atoms with Gasteiger partial charge in [-0.2, -0.15) is 4.37 Å². The Balaban J connectivity index is 2.17. The number of hydrogen-bond acceptors (Lipinski definition) is 3. The maximum atomic E-state index is 11.8. The molecule has 0 radical (unpaired) electrons. The van der Waals surface area contributed by atoms with Crippen molar-refractivity contribution in [3.63, 3.8) is 0 Å². The van der Waals surface area contributed by atoms with Crippen LogP contribution < -0.4 is 5.32 Å². The lowest BCUT2D eigenvalue weighted by atomic mass is 10.3. The molecule has 2 aromatic rings. The number of nitrogens with zero attached hydrogens (tertiary/aromatic N) is 1. The second kappa shape index (κ2) is 5.23. The van der Waals surface area contributed by atoms with Gasteiger partial charge in [-0.3, -0.25) is 4.79 Å². The molecular weight excluding hydrogens is 303 g/mol. The number of halogens is 3. The van der Waals surface area contributed by atoms with Gasteiger partial charge in [-0.15, -0.1) is 0 Å². The Labute approximate surface area is 116 Å². The molecule has 7 heteroatoms. The maximum Gasteiger partial charge on any atom is 0.268 e. The zero-order valence-electron chi connectivity index (χ0n) is 8.21. The largest absolute Gasteiger partial charge is 0.321 e. The predicted molar refractivity (Wildman–Crippen MR) is 71.5 cm³/mol. The molecule has 1 aromatic heterocycles. The number of amides is 1. The number of carbonyl (C=O) groups is 1. The molecule has 17 heavy (non-hydrogen) atoms. The number of aromatic nitrogens is 1. The summed E-state index contributed by atoms with van der Waals surface area (Å²) in [6.07, 6.45) is 0. The lowest BCUT2D eigenvalue weighted by Crippen LogP contribution is -2.10. The number of anilines is 1. The van der Waals surface area contributed by atoms with E-state index in [1.165, 1.54) is 0 Å². The molecule has 2 rings (SSSR count). The van der Waals surface area contributed by atoms with Crippen LogP contribution in [0.2, 0.25) is 15.2 Å². The van der Waals surface area contributed by atoms with E-state index in [1.54, 1.807) is 24.3 Å². The third-order valence-corrected chi connectivity index (χ3v) is 3.95. The fourth-order valence-electron chi connectivity index (χ4n) is 1.12. The third-order valence-electron chi connectivity index (χ3n) is 1.91. The number of carbonyl (C=O) groups excluding carboxylic acids is 1. The van der Waals surface area contributed by atoms with Crippen molar-refractivity contribution >= 4 is 57.9 Å². The summed E-state index contributed by atoms with van der Waals surface area (Å²) in [5, 5.41) is 3.57. The van der Waals surface area contributed by atoms with Crippen molar-refractivity contribution in [2.24, 2.45) is 0 Å². The maximum absolute atomic E-state index is 11.8. The number of rotatable bonds is 2. The van der Waals surface area contributed by atoms with Crippen LogP contribution in [0.4, 0.5) is 5.69 Å². The molecule has 0 aliphatic heterocycles. The van der Waals surface area contributed by atoms with Crippen LogP contribution in [0.25, 0.3) is 0 Å². The average Bonchev–Trinajstić information content (AvgIpc) is 2.63. The van der Waals surface area contributed by atoms with Gasteiger partial charge in [0, 0.05) is 10.7 Å². The molecule has 1 N–H and O–H groups in total. The zero-order chi connectivity index (χ0) is 12.4. The standard InChI is InChI=1S/C10H5Cl3N2OS/c11-5-1-3-6(4-2-5)14-10(16)8-7(12)9(13)15-17-8/h1-4H,(H,14,16). The smallest absolute Gasteiger partial charge is 0.268 e. The zero-order valence-corrected chi connectivity index (χ0v) is 11.3. The van der Waals surface area contributed by atoms with Gasteiger partial charge in [0.2, 0.25) is 0 Å². The van der Waals surface area contributed by atoms with E-state index >= 15 is 0 Å². The van der Waals surface area contributed by atoms with Gasteiger partial charge in [-0.1, -0.05) is 34.8 Å². The minimum Gasteiger partial charge on any atom is -0.321 e. The van der Waals surface area contributed by atoms with E-state index in [1.807, 2.05) is 0 Å². The average molecular weight is 308 g/mol.